The minimum absolute atomic E-state index is 0. The molecule has 0 atom stereocenters. The van der Waals surface area contributed by atoms with E-state index in [1.807, 2.05) is 25.2 Å². The SMILES string of the molecule is CN=C(NCCc1ccc(OC)cc1)N(C)Cc1ccccc1.I. The van der Waals surface area contributed by atoms with Crippen LogP contribution in [0.15, 0.2) is 59.6 Å². The van der Waals surface area contributed by atoms with Gasteiger partial charge in [0.05, 0.1) is 7.11 Å². The third-order valence-electron chi connectivity index (χ3n) is 3.69. The van der Waals surface area contributed by atoms with Gasteiger partial charge in [0.25, 0.3) is 0 Å². The Bertz CT molecular complexity index is 614. The van der Waals surface area contributed by atoms with E-state index >= 15 is 0 Å². The zero-order valence-electron chi connectivity index (χ0n) is 14.5. The minimum Gasteiger partial charge on any atom is -0.497 e. The third kappa shape index (κ3) is 6.39. The Morgan fingerprint density at radius 2 is 1.71 bits per heavy atom. The van der Waals surface area contributed by atoms with E-state index in [2.05, 4.69) is 58.7 Å². The van der Waals surface area contributed by atoms with Crippen LogP contribution in [-0.4, -0.2) is 38.6 Å². The number of aliphatic imine (C=N–C) groups is 1. The van der Waals surface area contributed by atoms with Crippen molar-refractivity contribution >= 4 is 29.9 Å². The first-order valence-electron chi connectivity index (χ1n) is 7.81. The molecule has 130 valence electrons. The summed E-state index contributed by atoms with van der Waals surface area (Å²) in [4.78, 5) is 6.48. The monoisotopic (exact) mass is 439 g/mol. The predicted molar refractivity (Wildman–Crippen MR) is 111 cm³/mol. The van der Waals surface area contributed by atoms with Crippen molar-refractivity contribution in [3.63, 3.8) is 0 Å². The molecule has 0 radical (unpaired) electrons. The maximum Gasteiger partial charge on any atom is 0.193 e. The van der Waals surface area contributed by atoms with Gasteiger partial charge < -0.3 is 15.0 Å². The normalized spacial score (nSPS) is 10.7. The maximum atomic E-state index is 5.18. The summed E-state index contributed by atoms with van der Waals surface area (Å²) >= 11 is 0. The molecule has 0 amide bonds. The van der Waals surface area contributed by atoms with E-state index < -0.39 is 0 Å². The molecule has 0 spiro atoms. The van der Waals surface area contributed by atoms with Crippen LogP contribution in [0, 0.1) is 0 Å². The van der Waals surface area contributed by atoms with Gasteiger partial charge in [-0.2, -0.15) is 0 Å². The molecule has 5 heteroatoms. The summed E-state index contributed by atoms with van der Waals surface area (Å²) in [6.45, 7) is 1.68. The summed E-state index contributed by atoms with van der Waals surface area (Å²) in [5.41, 5.74) is 2.55. The van der Waals surface area contributed by atoms with Gasteiger partial charge >= 0.3 is 0 Å². The van der Waals surface area contributed by atoms with Crippen molar-refractivity contribution in [2.24, 2.45) is 4.99 Å². The summed E-state index contributed by atoms with van der Waals surface area (Å²) in [5.74, 6) is 1.79. The van der Waals surface area contributed by atoms with Gasteiger partial charge in [0.1, 0.15) is 5.75 Å². The van der Waals surface area contributed by atoms with Gasteiger partial charge in [0, 0.05) is 27.2 Å². The Labute approximate surface area is 162 Å². The predicted octanol–water partition coefficient (Wildman–Crippen LogP) is 3.56. The molecule has 0 aromatic heterocycles. The van der Waals surface area contributed by atoms with Crippen LogP contribution in [0.1, 0.15) is 11.1 Å². The van der Waals surface area contributed by atoms with Crippen LogP contribution < -0.4 is 10.1 Å². The Morgan fingerprint density at radius 3 is 2.29 bits per heavy atom. The summed E-state index contributed by atoms with van der Waals surface area (Å²) in [6.07, 6.45) is 0.947. The van der Waals surface area contributed by atoms with Crippen LogP contribution in [0.3, 0.4) is 0 Å². The zero-order valence-corrected chi connectivity index (χ0v) is 16.9. The lowest BCUT2D eigenvalue weighted by Crippen LogP contribution is -2.39. The van der Waals surface area contributed by atoms with Gasteiger partial charge in [-0.15, -0.1) is 24.0 Å². The van der Waals surface area contributed by atoms with Gasteiger partial charge in [-0.25, -0.2) is 0 Å². The number of methoxy groups -OCH3 is 1. The Balaban J connectivity index is 0.00000288. The molecule has 0 saturated carbocycles. The van der Waals surface area contributed by atoms with Gasteiger partial charge in [-0.05, 0) is 29.7 Å². The molecular weight excluding hydrogens is 413 g/mol. The number of hydrogen-bond acceptors (Lipinski definition) is 2. The first kappa shape index (κ1) is 20.3. The minimum atomic E-state index is 0. The van der Waals surface area contributed by atoms with Crippen LogP contribution in [0.2, 0.25) is 0 Å². The number of hydrogen-bond donors (Lipinski definition) is 1. The molecule has 24 heavy (non-hydrogen) atoms. The fraction of sp³-hybridized carbons (Fsp3) is 0.316. The number of ether oxygens (including phenoxy) is 1. The van der Waals surface area contributed by atoms with Crippen LogP contribution >= 0.6 is 24.0 Å². The van der Waals surface area contributed by atoms with Crippen molar-refractivity contribution in [2.75, 3.05) is 27.7 Å². The van der Waals surface area contributed by atoms with Crippen molar-refractivity contribution in [2.45, 2.75) is 13.0 Å². The first-order valence-corrected chi connectivity index (χ1v) is 7.81. The third-order valence-corrected chi connectivity index (χ3v) is 3.69. The summed E-state index contributed by atoms with van der Waals surface area (Å²) in [7, 11) is 5.55. The van der Waals surface area contributed by atoms with Crippen molar-refractivity contribution in [3.8, 4) is 5.75 Å². The Kier molecular flexibility index (Phi) is 9.22. The van der Waals surface area contributed by atoms with Crippen LogP contribution in [-0.2, 0) is 13.0 Å². The fourth-order valence-corrected chi connectivity index (χ4v) is 2.43. The van der Waals surface area contributed by atoms with Crippen molar-refractivity contribution in [3.05, 3.63) is 65.7 Å². The van der Waals surface area contributed by atoms with E-state index in [4.69, 9.17) is 4.74 Å². The maximum absolute atomic E-state index is 5.18. The number of halogens is 1. The van der Waals surface area contributed by atoms with Crippen molar-refractivity contribution in [1.29, 1.82) is 0 Å². The molecule has 1 N–H and O–H groups in total. The fourth-order valence-electron chi connectivity index (χ4n) is 2.43. The van der Waals surface area contributed by atoms with E-state index in [0.717, 1.165) is 31.2 Å². The molecule has 0 fully saturated rings. The molecule has 4 nitrogen and oxygen atoms in total. The molecule has 2 aromatic carbocycles. The standard InChI is InChI=1S/C19H25N3O.HI/c1-20-19(22(2)15-17-7-5-4-6-8-17)21-14-13-16-9-11-18(23-3)12-10-16;/h4-12H,13-15H2,1-3H3,(H,20,21);1H. The van der Waals surface area contributed by atoms with Crippen LogP contribution in [0.4, 0.5) is 0 Å². The highest BCUT2D eigenvalue weighted by molar-refractivity contribution is 14.0. The largest absolute Gasteiger partial charge is 0.497 e. The second-order valence-corrected chi connectivity index (χ2v) is 5.41. The highest BCUT2D eigenvalue weighted by Crippen LogP contribution is 2.11. The highest BCUT2D eigenvalue weighted by Gasteiger charge is 2.06. The van der Waals surface area contributed by atoms with E-state index in [0.29, 0.717) is 0 Å². The van der Waals surface area contributed by atoms with Gasteiger partial charge in [0.2, 0.25) is 0 Å². The number of nitrogens with one attached hydrogen (secondary N) is 1. The lowest BCUT2D eigenvalue weighted by molar-refractivity contribution is 0.414. The summed E-state index contributed by atoms with van der Waals surface area (Å²) in [6, 6.07) is 18.6. The molecule has 0 heterocycles. The molecule has 0 aliphatic heterocycles. The Morgan fingerprint density at radius 1 is 1.04 bits per heavy atom. The lowest BCUT2D eigenvalue weighted by atomic mass is 10.1. The average Bonchev–Trinajstić information content (AvgIpc) is 2.60. The average molecular weight is 439 g/mol. The molecular formula is C19H26IN3O. The zero-order chi connectivity index (χ0) is 16.5. The molecule has 0 unspecified atom stereocenters. The molecule has 2 rings (SSSR count). The van der Waals surface area contributed by atoms with Gasteiger partial charge in [0.15, 0.2) is 5.96 Å². The van der Waals surface area contributed by atoms with Crippen LogP contribution in [0.5, 0.6) is 5.75 Å². The van der Waals surface area contributed by atoms with E-state index in [1.54, 1.807) is 7.11 Å². The summed E-state index contributed by atoms with van der Waals surface area (Å²) in [5, 5.41) is 3.41. The van der Waals surface area contributed by atoms with Crippen LogP contribution in [0.25, 0.3) is 0 Å². The molecule has 0 saturated heterocycles. The van der Waals surface area contributed by atoms with Crippen molar-refractivity contribution in [1.82, 2.24) is 10.2 Å². The molecule has 2 aromatic rings. The molecule has 0 aliphatic rings. The van der Waals surface area contributed by atoms with E-state index in [-0.39, 0.29) is 24.0 Å². The lowest BCUT2D eigenvalue weighted by Gasteiger charge is -2.22. The number of rotatable bonds is 6. The quantitative estimate of drug-likeness (QED) is 0.425. The first-order chi connectivity index (χ1) is 11.2. The second kappa shape index (κ2) is 10.9. The van der Waals surface area contributed by atoms with Gasteiger partial charge in [-0.3, -0.25) is 4.99 Å². The van der Waals surface area contributed by atoms with E-state index in [1.165, 1.54) is 11.1 Å². The summed E-state index contributed by atoms with van der Waals surface area (Å²) < 4.78 is 5.18. The van der Waals surface area contributed by atoms with E-state index in [9.17, 15) is 0 Å². The highest BCUT2D eigenvalue weighted by atomic mass is 127. The second-order valence-electron chi connectivity index (χ2n) is 5.41. The number of guanidine groups is 1. The van der Waals surface area contributed by atoms with Crippen molar-refractivity contribution < 1.29 is 4.74 Å². The number of nitrogens with zero attached hydrogens (tertiary/aromatic N) is 2. The smallest absolute Gasteiger partial charge is 0.193 e. The molecule has 0 aliphatic carbocycles. The Hall–Kier alpha value is -1.76. The van der Waals surface area contributed by atoms with Gasteiger partial charge in [-0.1, -0.05) is 42.5 Å². The topological polar surface area (TPSA) is 36.9 Å². The molecule has 0 bridgehead atoms. The number of benzene rings is 2.